The molecule has 5 nitrogen and oxygen atoms in total. The summed E-state index contributed by atoms with van der Waals surface area (Å²) >= 11 is 9.27. The summed E-state index contributed by atoms with van der Waals surface area (Å²) in [7, 11) is 1.85. The van der Waals surface area contributed by atoms with E-state index in [1.165, 1.54) is 6.42 Å². The van der Waals surface area contributed by atoms with E-state index in [1.807, 2.05) is 11.9 Å². The zero-order valence-electron chi connectivity index (χ0n) is 16.3. The standard InChI is InChI=1S/C22H24BrClN2O3/c1-26(16-7-3-2-4-8-16)22(28)17-9-5-6-10-19(17)25-21(27)14-29-20-12-11-15(24)13-18(20)23/h5-6,9-13,16H,2-4,7-8,14H2,1H3,(H,25,27). The van der Waals surface area contributed by atoms with E-state index in [0.29, 0.717) is 26.5 Å². The highest BCUT2D eigenvalue weighted by Crippen LogP contribution is 2.28. The van der Waals surface area contributed by atoms with E-state index in [9.17, 15) is 9.59 Å². The molecule has 1 fully saturated rings. The molecule has 0 spiro atoms. The molecule has 2 aromatic carbocycles. The van der Waals surface area contributed by atoms with Gasteiger partial charge in [0.2, 0.25) is 0 Å². The van der Waals surface area contributed by atoms with Crippen molar-refractivity contribution in [1.82, 2.24) is 4.90 Å². The smallest absolute Gasteiger partial charge is 0.262 e. The van der Waals surface area contributed by atoms with Gasteiger partial charge >= 0.3 is 0 Å². The van der Waals surface area contributed by atoms with Crippen LogP contribution in [0.15, 0.2) is 46.9 Å². The molecule has 2 amide bonds. The second-order valence-corrected chi connectivity index (χ2v) is 8.46. The van der Waals surface area contributed by atoms with Gasteiger partial charge in [0, 0.05) is 18.1 Å². The Morgan fingerprint density at radius 1 is 1.17 bits per heavy atom. The fraction of sp³-hybridized carbons (Fsp3) is 0.364. The maximum Gasteiger partial charge on any atom is 0.262 e. The van der Waals surface area contributed by atoms with Crippen molar-refractivity contribution in [1.29, 1.82) is 0 Å². The van der Waals surface area contributed by atoms with Crippen molar-refractivity contribution in [2.45, 2.75) is 38.1 Å². The zero-order valence-corrected chi connectivity index (χ0v) is 18.6. The van der Waals surface area contributed by atoms with Crippen molar-refractivity contribution in [3.8, 4) is 5.75 Å². The maximum atomic E-state index is 13.0. The minimum absolute atomic E-state index is 0.0748. The van der Waals surface area contributed by atoms with Crippen LogP contribution in [0.4, 0.5) is 5.69 Å². The minimum atomic E-state index is -0.340. The Bertz CT molecular complexity index is 884. The summed E-state index contributed by atoms with van der Waals surface area (Å²) in [4.78, 5) is 27.2. The van der Waals surface area contributed by atoms with E-state index in [-0.39, 0.29) is 24.5 Å². The van der Waals surface area contributed by atoms with Crippen molar-refractivity contribution in [2.75, 3.05) is 19.0 Å². The molecule has 3 rings (SSSR count). The first kappa shape index (κ1) is 21.7. The summed E-state index contributed by atoms with van der Waals surface area (Å²) in [5, 5.41) is 3.37. The number of anilines is 1. The van der Waals surface area contributed by atoms with Crippen molar-refractivity contribution < 1.29 is 14.3 Å². The molecule has 2 aromatic rings. The number of nitrogens with one attached hydrogen (secondary N) is 1. The molecule has 1 aliphatic carbocycles. The number of rotatable bonds is 6. The van der Waals surface area contributed by atoms with Crippen LogP contribution >= 0.6 is 27.5 Å². The molecular formula is C22H24BrClN2O3. The van der Waals surface area contributed by atoms with Crippen LogP contribution in [0.3, 0.4) is 0 Å². The summed E-state index contributed by atoms with van der Waals surface area (Å²) in [6.45, 7) is -0.179. The normalized spacial score (nSPS) is 14.3. The van der Waals surface area contributed by atoms with Crippen LogP contribution in [0.1, 0.15) is 42.5 Å². The Balaban J connectivity index is 1.65. The molecule has 29 heavy (non-hydrogen) atoms. The van der Waals surface area contributed by atoms with Crippen molar-refractivity contribution in [2.24, 2.45) is 0 Å². The summed E-state index contributed by atoms with van der Waals surface area (Å²) in [6.07, 6.45) is 5.59. The van der Waals surface area contributed by atoms with Crippen LogP contribution in [0, 0.1) is 0 Å². The summed E-state index contributed by atoms with van der Waals surface area (Å²) in [5.74, 6) is 0.104. The molecule has 154 valence electrons. The number of hydrogen-bond acceptors (Lipinski definition) is 3. The third-order valence-corrected chi connectivity index (χ3v) is 5.98. The lowest BCUT2D eigenvalue weighted by atomic mass is 9.94. The number of benzene rings is 2. The van der Waals surface area contributed by atoms with E-state index in [0.717, 1.165) is 25.7 Å². The lowest BCUT2D eigenvalue weighted by molar-refractivity contribution is -0.118. The molecule has 1 aliphatic rings. The lowest BCUT2D eigenvalue weighted by Gasteiger charge is -2.31. The summed E-state index contributed by atoms with van der Waals surface area (Å²) in [6, 6.07) is 12.4. The van der Waals surface area contributed by atoms with Crippen molar-refractivity contribution in [3.05, 3.63) is 57.5 Å². The molecule has 1 saturated carbocycles. The number of ether oxygens (including phenoxy) is 1. The Morgan fingerprint density at radius 3 is 2.62 bits per heavy atom. The van der Waals surface area contributed by atoms with E-state index in [2.05, 4.69) is 21.2 Å². The highest BCUT2D eigenvalue weighted by molar-refractivity contribution is 9.10. The fourth-order valence-electron chi connectivity index (χ4n) is 3.52. The SMILES string of the molecule is CN(C(=O)c1ccccc1NC(=O)COc1ccc(Cl)cc1Br)C1CCCCC1. The van der Waals surface area contributed by atoms with Gasteiger partial charge in [-0.25, -0.2) is 0 Å². The van der Waals surface area contributed by atoms with Gasteiger partial charge in [0.15, 0.2) is 6.61 Å². The second kappa shape index (κ2) is 10.1. The van der Waals surface area contributed by atoms with Crippen LogP contribution in [0.25, 0.3) is 0 Å². The monoisotopic (exact) mass is 478 g/mol. The number of nitrogens with zero attached hydrogens (tertiary/aromatic N) is 1. The maximum absolute atomic E-state index is 13.0. The first-order chi connectivity index (χ1) is 14.0. The van der Waals surface area contributed by atoms with Gasteiger partial charge in [-0.3, -0.25) is 9.59 Å². The average Bonchev–Trinajstić information content (AvgIpc) is 2.73. The van der Waals surface area contributed by atoms with E-state index < -0.39 is 0 Å². The Hall–Kier alpha value is -2.05. The van der Waals surface area contributed by atoms with Gasteiger partial charge in [-0.1, -0.05) is 43.0 Å². The first-order valence-electron chi connectivity index (χ1n) is 9.69. The fourth-order valence-corrected chi connectivity index (χ4v) is 4.32. The Labute approximate surface area is 184 Å². The number of halogens is 2. The van der Waals surface area contributed by atoms with Gasteiger partial charge in [-0.05, 0) is 59.1 Å². The van der Waals surface area contributed by atoms with Gasteiger partial charge in [0.05, 0.1) is 15.7 Å². The van der Waals surface area contributed by atoms with Crippen molar-refractivity contribution in [3.63, 3.8) is 0 Å². The molecule has 0 aliphatic heterocycles. The summed E-state index contributed by atoms with van der Waals surface area (Å²) in [5.41, 5.74) is 0.977. The Morgan fingerprint density at radius 2 is 1.90 bits per heavy atom. The minimum Gasteiger partial charge on any atom is -0.483 e. The molecule has 0 saturated heterocycles. The quantitative estimate of drug-likeness (QED) is 0.593. The highest BCUT2D eigenvalue weighted by atomic mass is 79.9. The van der Waals surface area contributed by atoms with Gasteiger partial charge in [-0.2, -0.15) is 0 Å². The predicted molar refractivity (Wildman–Crippen MR) is 119 cm³/mol. The number of carbonyl (C=O) groups is 2. The van der Waals surface area contributed by atoms with Gasteiger partial charge < -0.3 is 15.0 Å². The summed E-state index contributed by atoms with van der Waals surface area (Å²) < 4.78 is 6.22. The van der Waals surface area contributed by atoms with Crippen LogP contribution < -0.4 is 10.1 Å². The average molecular weight is 480 g/mol. The number of amides is 2. The topological polar surface area (TPSA) is 58.6 Å². The molecule has 7 heteroatoms. The van der Waals surface area contributed by atoms with E-state index in [1.54, 1.807) is 42.5 Å². The van der Waals surface area contributed by atoms with Crippen LogP contribution in [-0.2, 0) is 4.79 Å². The molecule has 0 heterocycles. The van der Waals surface area contributed by atoms with E-state index in [4.69, 9.17) is 16.3 Å². The molecule has 0 radical (unpaired) electrons. The zero-order chi connectivity index (χ0) is 20.8. The molecular weight excluding hydrogens is 456 g/mol. The van der Waals surface area contributed by atoms with Gasteiger partial charge in [-0.15, -0.1) is 0 Å². The predicted octanol–water partition coefficient (Wildman–Crippen LogP) is 5.52. The van der Waals surface area contributed by atoms with Gasteiger partial charge in [0.25, 0.3) is 11.8 Å². The molecule has 0 atom stereocenters. The number of hydrogen-bond donors (Lipinski definition) is 1. The third kappa shape index (κ3) is 5.73. The van der Waals surface area contributed by atoms with Crippen LogP contribution in [0.5, 0.6) is 5.75 Å². The van der Waals surface area contributed by atoms with E-state index >= 15 is 0 Å². The molecule has 1 N–H and O–H groups in total. The van der Waals surface area contributed by atoms with Gasteiger partial charge in [0.1, 0.15) is 5.75 Å². The number of carbonyl (C=O) groups excluding carboxylic acids is 2. The third-order valence-electron chi connectivity index (χ3n) is 5.13. The number of para-hydroxylation sites is 1. The highest BCUT2D eigenvalue weighted by Gasteiger charge is 2.24. The Kier molecular flexibility index (Phi) is 7.56. The lowest BCUT2D eigenvalue weighted by Crippen LogP contribution is -2.38. The molecule has 0 aromatic heterocycles. The second-order valence-electron chi connectivity index (χ2n) is 7.17. The van der Waals surface area contributed by atoms with Crippen molar-refractivity contribution >= 4 is 45.0 Å². The van der Waals surface area contributed by atoms with Crippen LogP contribution in [-0.4, -0.2) is 36.4 Å². The first-order valence-corrected chi connectivity index (χ1v) is 10.9. The van der Waals surface area contributed by atoms with Crippen LogP contribution in [0.2, 0.25) is 5.02 Å². The molecule has 0 unspecified atom stereocenters. The largest absolute Gasteiger partial charge is 0.483 e. The molecule has 0 bridgehead atoms.